The highest BCUT2D eigenvalue weighted by atomic mass is 16.5. The van der Waals surface area contributed by atoms with Crippen LogP contribution < -0.4 is 5.32 Å². The highest BCUT2D eigenvalue weighted by Crippen LogP contribution is 2.27. The van der Waals surface area contributed by atoms with Gasteiger partial charge in [-0.25, -0.2) is 0 Å². The average molecular weight is 241 g/mol. The number of rotatable bonds is 4. The van der Waals surface area contributed by atoms with Crippen molar-refractivity contribution in [1.82, 2.24) is 0 Å². The molecule has 3 heteroatoms. The van der Waals surface area contributed by atoms with Gasteiger partial charge >= 0.3 is 5.97 Å². The SMILES string of the molecule is COC(=O)CNc1ccccc1-c1ccccc1. The molecule has 0 radical (unpaired) electrons. The van der Waals surface area contributed by atoms with Crippen LogP contribution in [0.4, 0.5) is 5.69 Å². The molecule has 1 N–H and O–H groups in total. The summed E-state index contributed by atoms with van der Waals surface area (Å²) in [6.07, 6.45) is 0. The van der Waals surface area contributed by atoms with Gasteiger partial charge in [0.1, 0.15) is 6.54 Å². The largest absolute Gasteiger partial charge is 0.468 e. The molecule has 0 aliphatic heterocycles. The Morgan fingerprint density at radius 2 is 1.72 bits per heavy atom. The number of hydrogen-bond acceptors (Lipinski definition) is 3. The highest BCUT2D eigenvalue weighted by molar-refractivity contribution is 5.81. The second kappa shape index (κ2) is 5.87. The number of carbonyl (C=O) groups excluding carboxylic acids is 1. The molecule has 0 aromatic heterocycles. The molecule has 92 valence electrons. The summed E-state index contributed by atoms with van der Waals surface area (Å²) >= 11 is 0. The zero-order valence-electron chi connectivity index (χ0n) is 10.2. The Hall–Kier alpha value is -2.29. The lowest BCUT2D eigenvalue weighted by Gasteiger charge is -2.11. The van der Waals surface area contributed by atoms with Gasteiger partial charge < -0.3 is 10.1 Å². The van der Waals surface area contributed by atoms with Crippen LogP contribution in [-0.2, 0) is 9.53 Å². The van der Waals surface area contributed by atoms with Crippen molar-refractivity contribution in [1.29, 1.82) is 0 Å². The summed E-state index contributed by atoms with van der Waals surface area (Å²) < 4.78 is 4.62. The Morgan fingerprint density at radius 3 is 2.44 bits per heavy atom. The van der Waals surface area contributed by atoms with Gasteiger partial charge in [-0.05, 0) is 11.6 Å². The Balaban J connectivity index is 2.24. The van der Waals surface area contributed by atoms with E-state index in [0.29, 0.717) is 0 Å². The van der Waals surface area contributed by atoms with Gasteiger partial charge in [0.25, 0.3) is 0 Å². The quantitative estimate of drug-likeness (QED) is 0.836. The Morgan fingerprint density at radius 1 is 1.06 bits per heavy atom. The lowest BCUT2D eigenvalue weighted by molar-refractivity contribution is -0.138. The molecule has 0 aliphatic rings. The number of methoxy groups -OCH3 is 1. The monoisotopic (exact) mass is 241 g/mol. The van der Waals surface area contributed by atoms with Crippen molar-refractivity contribution in [2.24, 2.45) is 0 Å². The minimum atomic E-state index is -0.280. The Kier molecular flexibility index (Phi) is 3.97. The van der Waals surface area contributed by atoms with E-state index in [0.717, 1.165) is 16.8 Å². The molecule has 0 fully saturated rings. The molecule has 18 heavy (non-hydrogen) atoms. The van der Waals surface area contributed by atoms with Crippen molar-refractivity contribution >= 4 is 11.7 Å². The molecule has 0 bridgehead atoms. The van der Waals surface area contributed by atoms with Gasteiger partial charge in [-0.3, -0.25) is 4.79 Å². The van der Waals surface area contributed by atoms with Crippen LogP contribution in [0, 0.1) is 0 Å². The van der Waals surface area contributed by atoms with E-state index < -0.39 is 0 Å². The molecule has 2 aromatic rings. The third-order valence-corrected chi connectivity index (χ3v) is 2.66. The van der Waals surface area contributed by atoms with Crippen LogP contribution in [0.25, 0.3) is 11.1 Å². The summed E-state index contributed by atoms with van der Waals surface area (Å²) in [4.78, 5) is 11.1. The van der Waals surface area contributed by atoms with Gasteiger partial charge in [0.05, 0.1) is 7.11 Å². The van der Waals surface area contributed by atoms with E-state index in [1.165, 1.54) is 7.11 Å². The van der Waals surface area contributed by atoms with Crippen LogP contribution in [0.3, 0.4) is 0 Å². The van der Waals surface area contributed by atoms with E-state index in [9.17, 15) is 4.79 Å². The predicted molar refractivity (Wildman–Crippen MR) is 72.4 cm³/mol. The van der Waals surface area contributed by atoms with Crippen LogP contribution >= 0.6 is 0 Å². The summed E-state index contributed by atoms with van der Waals surface area (Å²) in [5.74, 6) is -0.280. The second-order valence-electron chi connectivity index (χ2n) is 3.84. The van der Waals surface area contributed by atoms with Gasteiger partial charge in [-0.1, -0.05) is 48.5 Å². The average Bonchev–Trinajstić information content (AvgIpc) is 2.46. The maximum Gasteiger partial charge on any atom is 0.325 e. The summed E-state index contributed by atoms with van der Waals surface area (Å²) in [6, 6.07) is 17.9. The molecule has 2 aromatic carbocycles. The van der Waals surface area contributed by atoms with E-state index in [1.807, 2.05) is 54.6 Å². The van der Waals surface area contributed by atoms with Crippen molar-refractivity contribution in [3.63, 3.8) is 0 Å². The van der Waals surface area contributed by atoms with E-state index in [4.69, 9.17) is 0 Å². The molecule has 0 amide bonds. The molecule has 0 heterocycles. The number of para-hydroxylation sites is 1. The molecule has 2 rings (SSSR count). The van der Waals surface area contributed by atoms with Crippen LogP contribution in [0.1, 0.15) is 0 Å². The number of carbonyl (C=O) groups is 1. The maximum absolute atomic E-state index is 11.1. The third-order valence-electron chi connectivity index (χ3n) is 2.66. The number of benzene rings is 2. The first-order valence-corrected chi connectivity index (χ1v) is 5.76. The molecule has 0 unspecified atom stereocenters. The van der Waals surface area contributed by atoms with Gasteiger partial charge in [-0.2, -0.15) is 0 Å². The molecule has 0 saturated heterocycles. The van der Waals surface area contributed by atoms with Gasteiger partial charge in [0.2, 0.25) is 0 Å². The van der Waals surface area contributed by atoms with E-state index in [-0.39, 0.29) is 12.5 Å². The summed E-state index contributed by atoms with van der Waals surface area (Å²) in [5, 5.41) is 3.09. The second-order valence-corrected chi connectivity index (χ2v) is 3.84. The van der Waals surface area contributed by atoms with E-state index in [2.05, 4.69) is 10.1 Å². The van der Waals surface area contributed by atoms with Crippen LogP contribution in [0.15, 0.2) is 54.6 Å². The number of anilines is 1. The van der Waals surface area contributed by atoms with Crippen LogP contribution in [0.2, 0.25) is 0 Å². The molecule has 3 nitrogen and oxygen atoms in total. The lowest BCUT2D eigenvalue weighted by atomic mass is 10.0. The van der Waals surface area contributed by atoms with Crippen molar-refractivity contribution in [3.8, 4) is 11.1 Å². The predicted octanol–water partition coefficient (Wildman–Crippen LogP) is 2.94. The molecular weight excluding hydrogens is 226 g/mol. The minimum Gasteiger partial charge on any atom is -0.468 e. The first-order chi connectivity index (χ1) is 8.81. The van der Waals surface area contributed by atoms with Crippen molar-refractivity contribution < 1.29 is 9.53 Å². The zero-order chi connectivity index (χ0) is 12.8. The summed E-state index contributed by atoms with van der Waals surface area (Å²) in [5.41, 5.74) is 3.11. The maximum atomic E-state index is 11.1. The van der Waals surface area contributed by atoms with Crippen molar-refractivity contribution in [2.45, 2.75) is 0 Å². The van der Waals surface area contributed by atoms with E-state index >= 15 is 0 Å². The lowest BCUT2D eigenvalue weighted by Crippen LogP contribution is -2.15. The summed E-state index contributed by atoms with van der Waals surface area (Å²) in [7, 11) is 1.38. The molecule has 0 saturated carbocycles. The zero-order valence-corrected chi connectivity index (χ0v) is 10.2. The fourth-order valence-electron chi connectivity index (χ4n) is 1.75. The highest BCUT2D eigenvalue weighted by Gasteiger charge is 2.05. The smallest absolute Gasteiger partial charge is 0.325 e. The number of ether oxygens (including phenoxy) is 1. The van der Waals surface area contributed by atoms with E-state index in [1.54, 1.807) is 0 Å². The standard InChI is InChI=1S/C15H15NO2/c1-18-15(17)11-16-14-10-6-5-9-13(14)12-7-3-2-4-8-12/h2-10,16H,11H2,1H3. The van der Waals surface area contributed by atoms with Crippen LogP contribution in [0.5, 0.6) is 0 Å². The van der Waals surface area contributed by atoms with Gasteiger partial charge in [0.15, 0.2) is 0 Å². The first-order valence-electron chi connectivity index (χ1n) is 5.76. The first kappa shape index (κ1) is 12.2. The third kappa shape index (κ3) is 2.88. The van der Waals surface area contributed by atoms with Gasteiger partial charge in [0, 0.05) is 11.3 Å². The van der Waals surface area contributed by atoms with Crippen molar-refractivity contribution in [2.75, 3.05) is 19.0 Å². The topological polar surface area (TPSA) is 38.3 Å². The number of hydrogen-bond donors (Lipinski definition) is 1. The van der Waals surface area contributed by atoms with Crippen LogP contribution in [-0.4, -0.2) is 19.6 Å². The molecular formula is C15H15NO2. The number of esters is 1. The number of nitrogens with one attached hydrogen (secondary N) is 1. The normalized spacial score (nSPS) is 9.83. The Labute approximate surface area is 106 Å². The van der Waals surface area contributed by atoms with Gasteiger partial charge in [-0.15, -0.1) is 0 Å². The molecule has 0 spiro atoms. The fraction of sp³-hybridized carbons (Fsp3) is 0.133. The van der Waals surface area contributed by atoms with Crippen molar-refractivity contribution in [3.05, 3.63) is 54.6 Å². The molecule has 0 aliphatic carbocycles. The minimum absolute atomic E-state index is 0.167. The fourth-order valence-corrected chi connectivity index (χ4v) is 1.75. The molecule has 0 atom stereocenters. The Bertz CT molecular complexity index is 523. The summed E-state index contributed by atoms with van der Waals surface area (Å²) in [6.45, 7) is 0.167.